The van der Waals surface area contributed by atoms with Gasteiger partial charge in [0.2, 0.25) is 5.91 Å². The van der Waals surface area contributed by atoms with E-state index in [2.05, 4.69) is 32.4 Å². The molecule has 2 rings (SSSR count). The monoisotopic (exact) mass is 442 g/mol. The van der Waals surface area contributed by atoms with Crippen LogP contribution in [-0.2, 0) is 4.79 Å². The van der Waals surface area contributed by atoms with Crippen LogP contribution in [0, 0.1) is 0 Å². The lowest BCUT2D eigenvalue weighted by molar-refractivity contribution is -0.118. The van der Waals surface area contributed by atoms with Gasteiger partial charge in [0.15, 0.2) is 5.16 Å². The molecule has 1 aromatic heterocycles. The second-order valence-electron chi connectivity index (χ2n) is 7.42. The highest BCUT2D eigenvalue weighted by atomic mass is 35.5. The summed E-state index contributed by atoms with van der Waals surface area (Å²) in [5.41, 5.74) is 0. The first-order chi connectivity index (χ1) is 13.8. The molecular formula is C19H31ClN6O2S. The molecule has 8 nitrogen and oxygen atoms in total. The van der Waals surface area contributed by atoms with Crippen LogP contribution in [0.25, 0.3) is 0 Å². The third-order valence-corrected chi connectivity index (χ3v) is 5.51. The average Bonchev–Trinajstić information content (AvgIpc) is 2.65. The number of urea groups is 1. The number of carbonyl (C=O) groups excluding carboxylic acids is 2. The fourth-order valence-electron chi connectivity index (χ4n) is 2.99. The summed E-state index contributed by atoms with van der Waals surface area (Å²) in [6.45, 7) is 10.6. The molecule has 1 saturated heterocycles. The number of halogens is 1. The number of hydrogen-bond acceptors (Lipinski definition) is 6. The summed E-state index contributed by atoms with van der Waals surface area (Å²) in [4.78, 5) is 37.0. The van der Waals surface area contributed by atoms with E-state index >= 15 is 0 Å². The molecule has 0 aromatic carbocycles. The highest BCUT2D eigenvalue weighted by Crippen LogP contribution is 2.24. The van der Waals surface area contributed by atoms with Crippen LogP contribution in [0.5, 0.6) is 0 Å². The summed E-state index contributed by atoms with van der Waals surface area (Å²) in [6, 6.07) is 1.82. The van der Waals surface area contributed by atoms with Gasteiger partial charge in [-0.3, -0.25) is 4.79 Å². The largest absolute Gasteiger partial charge is 0.355 e. The zero-order valence-electron chi connectivity index (χ0n) is 17.6. The van der Waals surface area contributed by atoms with Gasteiger partial charge >= 0.3 is 6.03 Å². The average molecular weight is 443 g/mol. The second kappa shape index (κ2) is 11.4. The highest BCUT2D eigenvalue weighted by molar-refractivity contribution is 7.99. The Labute approximate surface area is 182 Å². The number of nitrogens with one attached hydrogen (secondary N) is 2. The molecule has 3 amide bonds. The van der Waals surface area contributed by atoms with Crippen LogP contribution in [0.3, 0.4) is 0 Å². The van der Waals surface area contributed by atoms with Crippen molar-refractivity contribution in [3.8, 4) is 0 Å². The van der Waals surface area contributed by atoms with Gasteiger partial charge in [-0.2, -0.15) is 0 Å². The van der Waals surface area contributed by atoms with Crippen molar-refractivity contribution in [1.82, 2.24) is 25.5 Å². The normalized spacial score (nSPS) is 16.8. The van der Waals surface area contributed by atoms with E-state index in [1.807, 2.05) is 25.7 Å². The minimum absolute atomic E-state index is 0.0352. The van der Waals surface area contributed by atoms with E-state index in [9.17, 15) is 9.59 Å². The van der Waals surface area contributed by atoms with Crippen LogP contribution >= 0.6 is 23.4 Å². The van der Waals surface area contributed by atoms with Crippen LogP contribution in [0.4, 0.5) is 10.6 Å². The summed E-state index contributed by atoms with van der Waals surface area (Å²) in [5, 5.41) is 6.64. The Bertz CT molecular complexity index is 705. The lowest BCUT2D eigenvalue weighted by atomic mass is 10.2. The van der Waals surface area contributed by atoms with E-state index in [1.54, 1.807) is 6.07 Å². The van der Waals surface area contributed by atoms with Crippen molar-refractivity contribution in [1.29, 1.82) is 0 Å². The fourth-order valence-corrected chi connectivity index (χ4v) is 3.91. The highest BCUT2D eigenvalue weighted by Gasteiger charge is 2.28. The molecule has 1 atom stereocenters. The van der Waals surface area contributed by atoms with Crippen molar-refractivity contribution in [2.24, 2.45) is 0 Å². The summed E-state index contributed by atoms with van der Waals surface area (Å²) < 4.78 is 0. The number of thioether (sulfide) groups is 1. The number of hydrogen-bond donors (Lipinski definition) is 2. The van der Waals surface area contributed by atoms with Crippen molar-refractivity contribution in [3.05, 3.63) is 11.2 Å². The second-order valence-corrected chi connectivity index (χ2v) is 8.75. The summed E-state index contributed by atoms with van der Waals surface area (Å²) in [6.07, 6.45) is 2.01. The van der Waals surface area contributed by atoms with Crippen LogP contribution in [0.15, 0.2) is 11.2 Å². The minimum atomic E-state index is -0.0433. The van der Waals surface area contributed by atoms with Crippen LogP contribution < -0.4 is 15.5 Å². The number of unbranched alkanes of at least 4 members (excludes halogenated alkanes) is 1. The SMILES string of the molecule is CCCCNC(=O)CSc1nc(Cl)cc(N2CCN(C(=O)NC(C)C)C(C)C2)n1. The van der Waals surface area contributed by atoms with Gasteiger partial charge in [0.05, 0.1) is 5.75 Å². The van der Waals surface area contributed by atoms with Crippen molar-refractivity contribution >= 4 is 41.1 Å². The third-order valence-electron chi connectivity index (χ3n) is 4.47. The smallest absolute Gasteiger partial charge is 0.317 e. The Morgan fingerprint density at radius 2 is 2.10 bits per heavy atom. The van der Waals surface area contributed by atoms with Gasteiger partial charge in [-0.15, -0.1) is 0 Å². The summed E-state index contributed by atoms with van der Waals surface area (Å²) >= 11 is 7.47. The fraction of sp³-hybridized carbons (Fsp3) is 0.684. The van der Waals surface area contributed by atoms with Crippen LogP contribution in [0.2, 0.25) is 5.15 Å². The standard InChI is InChI=1S/C19H31ClN6O2S/c1-5-6-7-21-17(27)12-29-18-23-15(20)10-16(24-18)25-8-9-26(14(4)11-25)19(28)22-13(2)3/h10,13-14H,5-9,11-12H2,1-4H3,(H,21,27)(H,22,28). The molecule has 0 bridgehead atoms. The predicted octanol–water partition coefficient (Wildman–Crippen LogP) is 2.77. The lowest BCUT2D eigenvalue weighted by Crippen LogP contribution is -2.57. The van der Waals surface area contributed by atoms with Crippen LogP contribution in [0.1, 0.15) is 40.5 Å². The Kier molecular flexibility index (Phi) is 9.29. The first-order valence-corrected chi connectivity index (χ1v) is 11.4. The van der Waals surface area contributed by atoms with Gasteiger partial charge in [-0.05, 0) is 27.2 Å². The molecule has 0 aliphatic carbocycles. The molecule has 1 aliphatic heterocycles. The molecule has 1 aromatic rings. The Morgan fingerprint density at radius 1 is 1.34 bits per heavy atom. The van der Waals surface area contributed by atoms with Gasteiger partial charge in [-0.1, -0.05) is 36.7 Å². The van der Waals surface area contributed by atoms with Gasteiger partial charge in [0.1, 0.15) is 11.0 Å². The maximum absolute atomic E-state index is 12.3. The molecule has 1 unspecified atom stereocenters. The Balaban J connectivity index is 1.96. The number of anilines is 1. The van der Waals surface area contributed by atoms with Crippen molar-refractivity contribution in [2.45, 2.75) is 57.8 Å². The Morgan fingerprint density at radius 3 is 2.76 bits per heavy atom. The van der Waals surface area contributed by atoms with Gasteiger partial charge in [0, 0.05) is 44.3 Å². The molecule has 1 fully saturated rings. The third kappa shape index (κ3) is 7.54. The number of carbonyl (C=O) groups is 2. The first-order valence-electron chi connectivity index (χ1n) is 10.1. The molecule has 2 N–H and O–H groups in total. The minimum Gasteiger partial charge on any atom is -0.355 e. The molecule has 1 aliphatic rings. The van der Waals surface area contributed by atoms with Gasteiger partial charge in [0.25, 0.3) is 0 Å². The molecule has 0 spiro atoms. The first kappa shape index (κ1) is 23.5. The maximum atomic E-state index is 12.3. The topological polar surface area (TPSA) is 90.5 Å². The zero-order valence-corrected chi connectivity index (χ0v) is 19.1. The van der Waals surface area contributed by atoms with Gasteiger partial charge < -0.3 is 20.4 Å². The predicted molar refractivity (Wildman–Crippen MR) is 118 cm³/mol. The van der Waals surface area contributed by atoms with Crippen LogP contribution in [-0.4, -0.2) is 70.8 Å². The van der Waals surface area contributed by atoms with Crippen molar-refractivity contribution < 1.29 is 9.59 Å². The maximum Gasteiger partial charge on any atom is 0.317 e. The molecule has 2 heterocycles. The molecule has 10 heteroatoms. The molecule has 29 heavy (non-hydrogen) atoms. The number of piperazine rings is 1. The van der Waals surface area contributed by atoms with E-state index in [1.165, 1.54) is 11.8 Å². The zero-order chi connectivity index (χ0) is 21.4. The van der Waals surface area contributed by atoms with E-state index < -0.39 is 0 Å². The van der Waals surface area contributed by atoms with E-state index in [-0.39, 0.29) is 29.8 Å². The lowest BCUT2D eigenvalue weighted by Gasteiger charge is -2.40. The summed E-state index contributed by atoms with van der Waals surface area (Å²) in [5.74, 6) is 0.935. The van der Waals surface area contributed by atoms with Gasteiger partial charge in [-0.25, -0.2) is 14.8 Å². The number of aromatic nitrogens is 2. The molecular weight excluding hydrogens is 412 g/mol. The van der Waals surface area contributed by atoms with E-state index in [0.29, 0.717) is 36.5 Å². The summed E-state index contributed by atoms with van der Waals surface area (Å²) in [7, 11) is 0. The van der Waals surface area contributed by atoms with Crippen molar-refractivity contribution in [3.63, 3.8) is 0 Å². The number of nitrogens with zero attached hydrogens (tertiary/aromatic N) is 4. The Hall–Kier alpha value is -1.74. The van der Waals surface area contributed by atoms with Crippen molar-refractivity contribution in [2.75, 3.05) is 36.8 Å². The molecule has 162 valence electrons. The molecule has 0 saturated carbocycles. The van der Waals surface area contributed by atoms with E-state index in [0.717, 1.165) is 18.7 Å². The molecule has 0 radical (unpaired) electrons. The number of rotatable bonds is 8. The van der Waals surface area contributed by atoms with E-state index in [4.69, 9.17) is 11.6 Å². The number of amides is 3. The quantitative estimate of drug-likeness (QED) is 0.278.